The molecule has 0 amide bonds. The number of rotatable bonds is 6. The van der Waals surface area contributed by atoms with Gasteiger partial charge in [-0.15, -0.1) is 0 Å². The lowest BCUT2D eigenvalue weighted by Gasteiger charge is -2.18. The first-order chi connectivity index (χ1) is 10.6. The van der Waals surface area contributed by atoms with Gasteiger partial charge < -0.3 is 9.84 Å². The number of hydrogen-bond donors (Lipinski definition) is 1. The van der Waals surface area contributed by atoms with Crippen molar-refractivity contribution in [1.82, 2.24) is 0 Å². The molecule has 1 N–H and O–H groups in total. The second kappa shape index (κ2) is 7.41. The SMILES string of the molecule is CCC[C@@H](OC(=O)c1ccccc1C(=O)O)c1ccccc1. The molecule has 22 heavy (non-hydrogen) atoms. The van der Waals surface area contributed by atoms with Gasteiger partial charge in [-0.1, -0.05) is 55.8 Å². The van der Waals surface area contributed by atoms with Gasteiger partial charge in [-0.3, -0.25) is 0 Å². The molecule has 4 nitrogen and oxygen atoms in total. The van der Waals surface area contributed by atoms with Crippen molar-refractivity contribution in [2.75, 3.05) is 0 Å². The zero-order valence-corrected chi connectivity index (χ0v) is 12.4. The number of aromatic carboxylic acids is 1. The summed E-state index contributed by atoms with van der Waals surface area (Å²) >= 11 is 0. The predicted molar refractivity (Wildman–Crippen MR) is 82.9 cm³/mol. The Hall–Kier alpha value is -2.62. The van der Waals surface area contributed by atoms with Gasteiger partial charge in [0.15, 0.2) is 0 Å². The lowest BCUT2D eigenvalue weighted by Crippen LogP contribution is -2.15. The smallest absolute Gasteiger partial charge is 0.339 e. The lowest BCUT2D eigenvalue weighted by atomic mass is 10.0. The molecule has 0 spiro atoms. The molecule has 0 unspecified atom stereocenters. The Morgan fingerprint density at radius 2 is 1.59 bits per heavy atom. The summed E-state index contributed by atoms with van der Waals surface area (Å²) in [5.74, 6) is -1.75. The highest BCUT2D eigenvalue weighted by molar-refractivity contribution is 6.02. The van der Waals surface area contributed by atoms with Gasteiger partial charge in [-0.05, 0) is 24.1 Å². The van der Waals surface area contributed by atoms with Crippen LogP contribution < -0.4 is 0 Å². The van der Waals surface area contributed by atoms with Crippen molar-refractivity contribution in [3.05, 3.63) is 71.3 Å². The maximum Gasteiger partial charge on any atom is 0.339 e. The Kier molecular flexibility index (Phi) is 5.31. The number of esters is 1. The van der Waals surface area contributed by atoms with E-state index in [1.165, 1.54) is 12.1 Å². The van der Waals surface area contributed by atoms with E-state index >= 15 is 0 Å². The van der Waals surface area contributed by atoms with Gasteiger partial charge in [0, 0.05) is 0 Å². The zero-order chi connectivity index (χ0) is 15.9. The van der Waals surface area contributed by atoms with E-state index in [9.17, 15) is 9.59 Å². The van der Waals surface area contributed by atoms with E-state index in [2.05, 4.69) is 0 Å². The van der Waals surface area contributed by atoms with Gasteiger partial charge in [0.05, 0.1) is 11.1 Å². The number of carbonyl (C=O) groups is 2. The fraction of sp³-hybridized carbons (Fsp3) is 0.222. The Morgan fingerprint density at radius 1 is 1.00 bits per heavy atom. The van der Waals surface area contributed by atoms with E-state index in [-0.39, 0.29) is 17.2 Å². The number of carbonyl (C=O) groups excluding carboxylic acids is 1. The standard InChI is InChI=1S/C18H18O4/c1-2-8-16(13-9-4-3-5-10-13)22-18(21)15-12-7-6-11-14(15)17(19)20/h3-7,9-12,16H,2,8H2,1H3,(H,19,20)/t16-/m1/s1. The van der Waals surface area contributed by atoms with Gasteiger partial charge in [0.1, 0.15) is 6.10 Å². The second-order valence-electron chi connectivity index (χ2n) is 4.94. The molecule has 0 saturated heterocycles. The van der Waals surface area contributed by atoms with Gasteiger partial charge >= 0.3 is 11.9 Å². The van der Waals surface area contributed by atoms with Gasteiger partial charge in [0.25, 0.3) is 0 Å². The summed E-state index contributed by atoms with van der Waals surface area (Å²) < 4.78 is 5.55. The molecule has 0 heterocycles. The van der Waals surface area contributed by atoms with Crippen LogP contribution in [0.3, 0.4) is 0 Å². The van der Waals surface area contributed by atoms with Crippen LogP contribution in [0.2, 0.25) is 0 Å². The minimum absolute atomic E-state index is 0.0455. The summed E-state index contributed by atoms with van der Waals surface area (Å²) in [7, 11) is 0. The van der Waals surface area contributed by atoms with Crippen molar-refractivity contribution in [3.63, 3.8) is 0 Å². The first-order valence-electron chi connectivity index (χ1n) is 7.21. The highest BCUT2D eigenvalue weighted by Crippen LogP contribution is 2.24. The van der Waals surface area contributed by atoms with Crippen LogP contribution in [0, 0.1) is 0 Å². The van der Waals surface area contributed by atoms with E-state index in [0.717, 1.165) is 12.0 Å². The van der Waals surface area contributed by atoms with Gasteiger partial charge in [0.2, 0.25) is 0 Å². The summed E-state index contributed by atoms with van der Waals surface area (Å²) in [4.78, 5) is 23.5. The maximum atomic E-state index is 12.3. The molecule has 4 heteroatoms. The molecule has 0 fully saturated rings. The quantitative estimate of drug-likeness (QED) is 0.816. The molecule has 0 bridgehead atoms. The summed E-state index contributed by atoms with van der Waals surface area (Å²) in [5, 5.41) is 9.16. The van der Waals surface area contributed by atoms with Crippen molar-refractivity contribution < 1.29 is 19.4 Å². The van der Waals surface area contributed by atoms with Crippen LogP contribution in [0.25, 0.3) is 0 Å². The molecular weight excluding hydrogens is 280 g/mol. The van der Waals surface area contributed by atoms with Crippen molar-refractivity contribution in [2.24, 2.45) is 0 Å². The average Bonchev–Trinajstić information content (AvgIpc) is 2.55. The monoisotopic (exact) mass is 298 g/mol. The number of carboxylic acids is 1. The van der Waals surface area contributed by atoms with Gasteiger partial charge in [-0.25, -0.2) is 9.59 Å². The molecule has 2 aromatic carbocycles. The fourth-order valence-electron chi connectivity index (χ4n) is 2.26. The van der Waals surface area contributed by atoms with Crippen molar-refractivity contribution >= 4 is 11.9 Å². The topological polar surface area (TPSA) is 63.6 Å². The second-order valence-corrected chi connectivity index (χ2v) is 4.94. The van der Waals surface area contributed by atoms with Crippen LogP contribution in [0.1, 0.15) is 52.1 Å². The Bertz CT molecular complexity index is 649. The van der Waals surface area contributed by atoms with Crippen LogP contribution in [0.15, 0.2) is 54.6 Å². The molecule has 0 aliphatic heterocycles. The van der Waals surface area contributed by atoms with Crippen molar-refractivity contribution in [1.29, 1.82) is 0 Å². The zero-order valence-electron chi connectivity index (χ0n) is 12.4. The molecule has 114 valence electrons. The first kappa shape index (κ1) is 15.8. The third kappa shape index (κ3) is 3.73. The van der Waals surface area contributed by atoms with E-state index in [1.54, 1.807) is 12.1 Å². The Labute approximate surface area is 129 Å². The summed E-state index contributed by atoms with van der Waals surface area (Å²) in [6, 6.07) is 15.5. The maximum absolute atomic E-state index is 12.3. The van der Waals surface area contributed by atoms with E-state index in [1.807, 2.05) is 37.3 Å². The van der Waals surface area contributed by atoms with Crippen LogP contribution in [-0.2, 0) is 4.74 Å². The molecule has 0 radical (unpaired) electrons. The largest absolute Gasteiger partial charge is 0.478 e. The summed E-state index contributed by atoms with van der Waals surface area (Å²) in [5.41, 5.74) is 0.938. The van der Waals surface area contributed by atoms with Crippen LogP contribution in [0.5, 0.6) is 0 Å². The predicted octanol–water partition coefficient (Wildman–Crippen LogP) is 4.08. The lowest BCUT2D eigenvalue weighted by molar-refractivity contribution is 0.0270. The minimum Gasteiger partial charge on any atom is -0.478 e. The first-order valence-corrected chi connectivity index (χ1v) is 7.21. The third-order valence-corrected chi connectivity index (χ3v) is 3.35. The molecular formula is C18H18O4. The summed E-state index contributed by atoms with van der Waals surface area (Å²) in [6.07, 6.45) is 1.17. The van der Waals surface area contributed by atoms with Crippen molar-refractivity contribution in [2.45, 2.75) is 25.9 Å². The van der Waals surface area contributed by atoms with Gasteiger partial charge in [-0.2, -0.15) is 0 Å². The van der Waals surface area contributed by atoms with Crippen LogP contribution in [0.4, 0.5) is 0 Å². The number of hydrogen-bond acceptors (Lipinski definition) is 3. The average molecular weight is 298 g/mol. The summed E-state index contributed by atoms with van der Waals surface area (Å²) in [6.45, 7) is 2.01. The normalized spacial score (nSPS) is 11.7. The fourth-order valence-corrected chi connectivity index (χ4v) is 2.26. The minimum atomic E-state index is -1.14. The molecule has 0 aromatic heterocycles. The molecule has 0 saturated carbocycles. The molecule has 0 aliphatic rings. The number of benzene rings is 2. The third-order valence-electron chi connectivity index (χ3n) is 3.35. The van der Waals surface area contributed by atoms with E-state index in [0.29, 0.717) is 6.42 Å². The molecule has 1 atom stereocenters. The van der Waals surface area contributed by atoms with Crippen molar-refractivity contribution in [3.8, 4) is 0 Å². The highest BCUT2D eigenvalue weighted by atomic mass is 16.5. The van der Waals surface area contributed by atoms with Crippen LogP contribution >= 0.6 is 0 Å². The highest BCUT2D eigenvalue weighted by Gasteiger charge is 2.21. The number of ether oxygens (including phenoxy) is 1. The Morgan fingerprint density at radius 3 is 2.18 bits per heavy atom. The van der Waals surface area contributed by atoms with Crippen LogP contribution in [-0.4, -0.2) is 17.0 Å². The number of carboxylic acid groups (broad SMARTS) is 1. The molecule has 2 rings (SSSR count). The van der Waals surface area contributed by atoms with E-state index in [4.69, 9.17) is 9.84 Å². The Balaban J connectivity index is 2.24. The molecule has 2 aromatic rings. The van der Waals surface area contributed by atoms with E-state index < -0.39 is 11.9 Å². The molecule has 0 aliphatic carbocycles.